The first kappa shape index (κ1) is 12.5. The molecule has 1 atom stereocenters. The Morgan fingerprint density at radius 2 is 2.00 bits per heavy atom. The maximum absolute atomic E-state index is 11.7. The van der Waals surface area contributed by atoms with Crippen molar-refractivity contribution < 1.29 is 4.79 Å². The molecule has 0 saturated carbocycles. The Kier molecular flexibility index (Phi) is 6.65. The molecule has 0 saturated heterocycles. The van der Waals surface area contributed by atoms with Crippen LogP contribution in [0.3, 0.4) is 0 Å². The van der Waals surface area contributed by atoms with Crippen LogP contribution in [0, 0.1) is 13.0 Å². The lowest BCUT2D eigenvalue weighted by molar-refractivity contribution is -0.133. The van der Waals surface area contributed by atoms with E-state index in [-0.39, 0.29) is 11.8 Å². The molecule has 0 aromatic rings. The van der Waals surface area contributed by atoms with Crippen LogP contribution in [0.1, 0.15) is 46.5 Å². The third kappa shape index (κ3) is 4.30. The SMILES string of the molecule is [CH2]N(CC)C(=O)C(CC)CCCC. The van der Waals surface area contributed by atoms with E-state index in [2.05, 4.69) is 20.9 Å². The van der Waals surface area contributed by atoms with Crippen LogP contribution in [-0.2, 0) is 4.79 Å². The molecule has 0 N–H and O–H groups in total. The molecule has 0 aromatic carbocycles. The Hall–Kier alpha value is -0.530. The molecule has 0 aromatic heterocycles. The van der Waals surface area contributed by atoms with Crippen molar-refractivity contribution in [2.75, 3.05) is 6.54 Å². The van der Waals surface area contributed by atoms with E-state index in [1.165, 1.54) is 0 Å². The quantitative estimate of drug-likeness (QED) is 0.621. The van der Waals surface area contributed by atoms with Gasteiger partial charge in [-0.25, -0.2) is 0 Å². The number of carbonyl (C=O) groups is 1. The summed E-state index contributed by atoms with van der Waals surface area (Å²) in [5.41, 5.74) is 0. The molecule has 0 aliphatic rings. The van der Waals surface area contributed by atoms with E-state index >= 15 is 0 Å². The molecule has 0 spiro atoms. The average Bonchev–Trinajstić information content (AvgIpc) is 2.17. The highest BCUT2D eigenvalue weighted by atomic mass is 16.2. The van der Waals surface area contributed by atoms with Gasteiger partial charge in [-0.3, -0.25) is 4.79 Å². The highest BCUT2D eigenvalue weighted by molar-refractivity contribution is 5.78. The summed E-state index contributed by atoms with van der Waals surface area (Å²) in [7, 11) is 3.72. The van der Waals surface area contributed by atoms with Gasteiger partial charge in [0.25, 0.3) is 0 Å². The molecule has 77 valence electrons. The van der Waals surface area contributed by atoms with Gasteiger partial charge in [0.15, 0.2) is 0 Å². The van der Waals surface area contributed by atoms with Gasteiger partial charge in [-0.2, -0.15) is 0 Å². The smallest absolute Gasteiger partial charge is 0.225 e. The second kappa shape index (κ2) is 6.93. The Balaban J connectivity index is 3.98. The van der Waals surface area contributed by atoms with Crippen LogP contribution >= 0.6 is 0 Å². The zero-order chi connectivity index (χ0) is 10.3. The third-order valence-corrected chi connectivity index (χ3v) is 2.44. The number of hydrogen-bond acceptors (Lipinski definition) is 1. The van der Waals surface area contributed by atoms with Crippen LogP contribution in [0.5, 0.6) is 0 Å². The second-order valence-corrected chi connectivity index (χ2v) is 3.44. The lowest BCUT2D eigenvalue weighted by Gasteiger charge is -2.21. The van der Waals surface area contributed by atoms with Crippen molar-refractivity contribution >= 4 is 5.91 Å². The number of amides is 1. The summed E-state index contributed by atoms with van der Waals surface area (Å²) < 4.78 is 0. The van der Waals surface area contributed by atoms with Crippen LogP contribution in [-0.4, -0.2) is 17.4 Å². The summed E-state index contributed by atoms with van der Waals surface area (Å²) in [6, 6.07) is 0. The molecular weight excluding hydrogens is 162 g/mol. The second-order valence-electron chi connectivity index (χ2n) is 3.44. The fraction of sp³-hybridized carbons (Fsp3) is 0.818. The van der Waals surface area contributed by atoms with Crippen molar-refractivity contribution in [1.29, 1.82) is 0 Å². The van der Waals surface area contributed by atoms with E-state index in [9.17, 15) is 4.79 Å². The van der Waals surface area contributed by atoms with Gasteiger partial charge in [0, 0.05) is 19.5 Å². The van der Waals surface area contributed by atoms with Gasteiger partial charge in [-0.1, -0.05) is 26.7 Å². The molecule has 2 heteroatoms. The molecule has 1 amide bonds. The molecule has 0 fully saturated rings. The van der Waals surface area contributed by atoms with E-state index in [1.54, 1.807) is 4.90 Å². The number of nitrogens with zero attached hydrogens (tertiary/aromatic N) is 1. The number of rotatable bonds is 6. The van der Waals surface area contributed by atoms with Crippen molar-refractivity contribution in [3.8, 4) is 0 Å². The first-order chi connectivity index (χ1) is 6.17. The van der Waals surface area contributed by atoms with Crippen LogP contribution < -0.4 is 0 Å². The summed E-state index contributed by atoms with van der Waals surface area (Å²) in [6.07, 6.45) is 4.25. The van der Waals surface area contributed by atoms with Gasteiger partial charge in [0.05, 0.1) is 0 Å². The van der Waals surface area contributed by atoms with Gasteiger partial charge in [-0.05, 0) is 19.8 Å². The molecule has 0 aliphatic heterocycles. The van der Waals surface area contributed by atoms with E-state index in [1.807, 2.05) is 6.92 Å². The standard InChI is InChI=1S/C11H22NO/c1-5-8-9-10(6-2)11(13)12(4)7-3/h10H,4-9H2,1-3H3. The minimum atomic E-state index is 0.192. The van der Waals surface area contributed by atoms with Crippen molar-refractivity contribution in [3.05, 3.63) is 7.05 Å². The maximum atomic E-state index is 11.7. The molecule has 0 aliphatic carbocycles. The predicted octanol–water partition coefficient (Wildman–Crippen LogP) is 2.84. The minimum absolute atomic E-state index is 0.192. The topological polar surface area (TPSA) is 20.3 Å². The van der Waals surface area contributed by atoms with Gasteiger partial charge in [0.1, 0.15) is 0 Å². The monoisotopic (exact) mass is 184 g/mol. The molecule has 1 radical (unpaired) electrons. The summed E-state index contributed by atoms with van der Waals surface area (Å²) in [6.45, 7) is 6.89. The third-order valence-electron chi connectivity index (χ3n) is 2.44. The van der Waals surface area contributed by atoms with Crippen LogP contribution in [0.2, 0.25) is 0 Å². The zero-order valence-corrected chi connectivity index (χ0v) is 9.18. The predicted molar refractivity (Wildman–Crippen MR) is 56.1 cm³/mol. The molecule has 0 heterocycles. The van der Waals surface area contributed by atoms with E-state index < -0.39 is 0 Å². The van der Waals surface area contributed by atoms with E-state index in [4.69, 9.17) is 0 Å². The minimum Gasteiger partial charge on any atom is -0.341 e. The average molecular weight is 184 g/mol. The highest BCUT2D eigenvalue weighted by Crippen LogP contribution is 2.15. The first-order valence-corrected chi connectivity index (χ1v) is 5.29. The van der Waals surface area contributed by atoms with Crippen LogP contribution in [0.15, 0.2) is 0 Å². The Morgan fingerprint density at radius 3 is 2.38 bits per heavy atom. The molecule has 0 rings (SSSR count). The Labute approximate surface area is 82.3 Å². The fourth-order valence-corrected chi connectivity index (χ4v) is 1.37. The van der Waals surface area contributed by atoms with E-state index in [0.29, 0.717) is 6.54 Å². The fourth-order valence-electron chi connectivity index (χ4n) is 1.37. The maximum Gasteiger partial charge on any atom is 0.225 e. The van der Waals surface area contributed by atoms with Crippen LogP contribution in [0.25, 0.3) is 0 Å². The van der Waals surface area contributed by atoms with Gasteiger partial charge < -0.3 is 4.90 Å². The summed E-state index contributed by atoms with van der Waals surface area (Å²) in [4.78, 5) is 13.2. The molecule has 13 heavy (non-hydrogen) atoms. The van der Waals surface area contributed by atoms with Crippen LogP contribution in [0.4, 0.5) is 0 Å². The first-order valence-electron chi connectivity index (χ1n) is 5.29. The Bertz CT molecular complexity index is 145. The normalized spacial score (nSPS) is 12.6. The number of unbranched alkanes of at least 4 members (excludes halogenated alkanes) is 1. The number of hydrogen-bond donors (Lipinski definition) is 0. The van der Waals surface area contributed by atoms with Crippen molar-refractivity contribution in [1.82, 2.24) is 4.90 Å². The highest BCUT2D eigenvalue weighted by Gasteiger charge is 2.18. The zero-order valence-electron chi connectivity index (χ0n) is 9.18. The largest absolute Gasteiger partial charge is 0.341 e. The van der Waals surface area contributed by atoms with Gasteiger partial charge >= 0.3 is 0 Å². The summed E-state index contributed by atoms with van der Waals surface area (Å²) in [5.74, 6) is 0.399. The number of carbonyl (C=O) groups excluding carboxylic acids is 1. The molecule has 1 unspecified atom stereocenters. The van der Waals surface area contributed by atoms with Crippen molar-refractivity contribution in [2.24, 2.45) is 5.92 Å². The van der Waals surface area contributed by atoms with Crippen molar-refractivity contribution in [2.45, 2.75) is 46.5 Å². The molecule has 0 bridgehead atoms. The van der Waals surface area contributed by atoms with Gasteiger partial charge in [-0.15, -0.1) is 0 Å². The van der Waals surface area contributed by atoms with Gasteiger partial charge in [0.2, 0.25) is 5.91 Å². The molecular formula is C11H22NO. The lowest BCUT2D eigenvalue weighted by atomic mass is 9.98. The van der Waals surface area contributed by atoms with Crippen molar-refractivity contribution in [3.63, 3.8) is 0 Å². The lowest BCUT2D eigenvalue weighted by Crippen LogP contribution is -2.30. The summed E-state index contributed by atoms with van der Waals surface area (Å²) in [5, 5.41) is 0. The van der Waals surface area contributed by atoms with E-state index in [0.717, 1.165) is 25.7 Å². The Morgan fingerprint density at radius 1 is 1.38 bits per heavy atom. The molecule has 2 nitrogen and oxygen atoms in total. The summed E-state index contributed by atoms with van der Waals surface area (Å²) >= 11 is 0.